The summed E-state index contributed by atoms with van der Waals surface area (Å²) in [6, 6.07) is 7.63. The fourth-order valence-electron chi connectivity index (χ4n) is 3.46. The zero-order valence-electron chi connectivity index (χ0n) is 18.5. The molecular formula is C22H27F3N2O4S. The van der Waals surface area contributed by atoms with Gasteiger partial charge in [0.1, 0.15) is 11.8 Å². The van der Waals surface area contributed by atoms with E-state index >= 15 is 0 Å². The van der Waals surface area contributed by atoms with E-state index in [1.54, 1.807) is 19.2 Å². The first-order chi connectivity index (χ1) is 14.8. The molecule has 0 bridgehead atoms. The minimum Gasteiger partial charge on any atom is -0.496 e. The molecular weight excluding hydrogens is 445 g/mol. The summed E-state index contributed by atoms with van der Waals surface area (Å²) in [6.07, 6.45) is -3.28. The molecule has 0 saturated carbocycles. The Morgan fingerprint density at radius 3 is 2.34 bits per heavy atom. The first kappa shape index (κ1) is 25.5. The number of ether oxygens (including phenoxy) is 1. The van der Waals surface area contributed by atoms with Crippen LogP contribution in [0.1, 0.15) is 43.0 Å². The molecule has 0 saturated heterocycles. The SMILES string of the molecule is CC[C@H](NC(=O)[C@H](C)N(c1cccc(C(F)(F)F)c1)S(C)(=O)=O)c1ccc(OC)c(C)c1. The molecule has 2 aromatic rings. The molecule has 0 heterocycles. The average molecular weight is 473 g/mol. The van der Waals surface area contributed by atoms with Gasteiger partial charge in [0, 0.05) is 0 Å². The molecule has 0 unspecified atom stereocenters. The molecule has 0 radical (unpaired) electrons. The normalized spacial score (nSPS) is 13.9. The van der Waals surface area contributed by atoms with Gasteiger partial charge in [-0.15, -0.1) is 0 Å². The van der Waals surface area contributed by atoms with Gasteiger partial charge >= 0.3 is 6.18 Å². The van der Waals surface area contributed by atoms with Crippen molar-refractivity contribution in [2.45, 2.75) is 45.5 Å². The summed E-state index contributed by atoms with van der Waals surface area (Å²) in [7, 11) is -2.51. The second kappa shape index (κ2) is 9.81. The summed E-state index contributed by atoms with van der Waals surface area (Å²) in [6.45, 7) is 5.05. The summed E-state index contributed by atoms with van der Waals surface area (Å²) in [5, 5.41) is 2.81. The smallest absolute Gasteiger partial charge is 0.416 e. The fourth-order valence-corrected chi connectivity index (χ4v) is 4.63. The Kier molecular flexibility index (Phi) is 7.82. The van der Waals surface area contributed by atoms with Crippen LogP contribution in [-0.2, 0) is 21.0 Å². The highest BCUT2D eigenvalue weighted by molar-refractivity contribution is 7.92. The van der Waals surface area contributed by atoms with E-state index in [4.69, 9.17) is 4.74 Å². The van der Waals surface area contributed by atoms with E-state index in [9.17, 15) is 26.4 Å². The molecule has 6 nitrogen and oxygen atoms in total. The van der Waals surface area contributed by atoms with Crippen molar-refractivity contribution in [1.82, 2.24) is 5.32 Å². The maximum atomic E-state index is 13.1. The van der Waals surface area contributed by atoms with E-state index in [1.807, 2.05) is 19.9 Å². The summed E-state index contributed by atoms with van der Waals surface area (Å²) in [5.74, 6) is 0.0595. The quantitative estimate of drug-likeness (QED) is 0.616. The molecule has 10 heteroatoms. The number of hydrogen-bond donors (Lipinski definition) is 1. The van der Waals surface area contributed by atoms with Crippen molar-refractivity contribution < 1.29 is 31.1 Å². The van der Waals surface area contributed by atoms with E-state index < -0.39 is 39.8 Å². The number of carbonyl (C=O) groups is 1. The standard InChI is InChI=1S/C22H27F3N2O4S/c1-6-19(16-10-11-20(31-4)14(2)12-16)26-21(28)15(3)27(32(5,29)30)18-9-7-8-17(13-18)22(23,24)25/h7-13,15,19H,6H2,1-5H3,(H,26,28)/t15-,19-/m0/s1. The number of carbonyl (C=O) groups excluding carboxylic acids is 1. The second-order valence-electron chi connectivity index (χ2n) is 7.48. The lowest BCUT2D eigenvalue weighted by molar-refractivity contribution is -0.137. The number of alkyl halides is 3. The van der Waals surface area contributed by atoms with Gasteiger partial charge in [0.25, 0.3) is 0 Å². The second-order valence-corrected chi connectivity index (χ2v) is 9.34. The maximum absolute atomic E-state index is 13.1. The number of aryl methyl sites for hydroxylation is 1. The van der Waals surface area contributed by atoms with Gasteiger partial charge in [0.2, 0.25) is 15.9 Å². The minimum atomic E-state index is -4.65. The Bertz CT molecular complexity index is 1070. The fraction of sp³-hybridized carbons (Fsp3) is 0.409. The monoisotopic (exact) mass is 472 g/mol. The van der Waals surface area contributed by atoms with E-state index in [-0.39, 0.29) is 5.69 Å². The average Bonchev–Trinajstić information content (AvgIpc) is 2.70. The van der Waals surface area contributed by atoms with Gasteiger partial charge in [-0.1, -0.05) is 25.1 Å². The van der Waals surface area contributed by atoms with Crippen LogP contribution in [0.25, 0.3) is 0 Å². The number of benzene rings is 2. The number of anilines is 1. The molecule has 0 spiro atoms. The topological polar surface area (TPSA) is 75.7 Å². The van der Waals surface area contributed by atoms with Crippen LogP contribution < -0.4 is 14.4 Å². The largest absolute Gasteiger partial charge is 0.496 e. The number of methoxy groups -OCH3 is 1. The van der Waals surface area contributed by atoms with E-state index in [0.29, 0.717) is 16.5 Å². The predicted octanol–water partition coefficient (Wildman–Crippen LogP) is 4.44. The number of nitrogens with zero attached hydrogens (tertiary/aromatic N) is 1. The van der Waals surface area contributed by atoms with E-state index in [0.717, 1.165) is 35.6 Å². The van der Waals surface area contributed by atoms with Crippen LogP contribution in [0.15, 0.2) is 42.5 Å². The number of amides is 1. The molecule has 1 amide bonds. The van der Waals surface area contributed by atoms with Gasteiger partial charge in [-0.05, 0) is 55.7 Å². The molecule has 176 valence electrons. The lowest BCUT2D eigenvalue weighted by Crippen LogP contribution is -2.48. The van der Waals surface area contributed by atoms with Gasteiger partial charge < -0.3 is 10.1 Å². The van der Waals surface area contributed by atoms with E-state index in [1.165, 1.54) is 13.0 Å². The highest BCUT2D eigenvalue weighted by atomic mass is 32.2. The van der Waals surface area contributed by atoms with Crippen molar-refractivity contribution in [2.24, 2.45) is 0 Å². The van der Waals surface area contributed by atoms with Crippen molar-refractivity contribution in [2.75, 3.05) is 17.7 Å². The molecule has 32 heavy (non-hydrogen) atoms. The molecule has 0 fully saturated rings. The highest BCUT2D eigenvalue weighted by Gasteiger charge is 2.34. The highest BCUT2D eigenvalue weighted by Crippen LogP contribution is 2.33. The van der Waals surface area contributed by atoms with Crippen molar-refractivity contribution in [3.05, 3.63) is 59.2 Å². The van der Waals surface area contributed by atoms with Crippen LogP contribution in [0.2, 0.25) is 0 Å². The van der Waals surface area contributed by atoms with Gasteiger partial charge in [-0.25, -0.2) is 8.42 Å². The first-order valence-electron chi connectivity index (χ1n) is 9.91. The summed E-state index contributed by atoms with van der Waals surface area (Å²) >= 11 is 0. The van der Waals surface area contributed by atoms with Gasteiger partial charge in [0.15, 0.2) is 0 Å². The number of nitrogens with one attached hydrogen (secondary N) is 1. The third kappa shape index (κ3) is 5.93. The molecule has 0 aliphatic heterocycles. The Balaban J connectivity index is 2.35. The molecule has 2 rings (SSSR count). The molecule has 2 atom stereocenters. The number of sulfonamides is 1. The maximum Gasteiger partial charge on any atom is 0.416 e. The van der Waals surface area contributed by atoms with Crippen LogP contribution in [-0.4, -0.2) is 33.7 Å². The lowest BCUT2D eigenvalue weighted by Gasteiger charge is -2.30. The zero-order chi connectivity index (χ0) is 24.3. The van der Waals surface area contributed by atoms with Crippen LogP contribution in [0.3, 0.4) is 0 Å². The summed E-state index contributed by atoms with van der Waals surface area (Å²) < 4.78 is 70.2. The lowest BCUT2D eigenvalue weighted by atomic mass is 10.0. The van der Waals surface area contributed by atoms with Gasteiger partial charge in [-0.3, -0.25) is 9.10 Å². The van der Waals surface area contributed by atoms with Crippen LogP contribution in [0.4, 0.5) is 18.9 Å². The van der Waals surface area contributed by atoms with Gasteiger partial charge in [-0.2, -0.15) is 13.2 Å². The number of hydrogen-bond acceptors (Lipinski definition) is 4. The zero-order valence-corrected chi connectivity index (χ0v) is 19.3. The number of rotatable bonds is 8. The van der Waals surface area contributed by atoms with Gasteiger partial charge in [0.05, 0.1) is 30.7 Å². The number of halogens is 3. The third-order valence-corrected chi connectivity index (χ3v) is 6.30. The molecule has 0 aromatic heterocycles. The van der Waals surface area contributed by atoms with Crippen LogP contribution >= 0.6 is 0 Å². The summed E-state index contributed by atoms with van der Waals surface area (Å²) in [4.78, 5) is 13.0. The van der Waals surface area contributed by atoms with Crippen LogP contribution in [0, 0.1) is 6.92 Å². The Hall–Kier alpha value is -2.75. The molecule has 0 aliphatic carbocycles. The van der Waals surface area contributed by atoms with Crippen molar-refractivity contribution in [3.63, 3.8) is 0 Å². The molecule has 0 aliphatic rings. The summed E-state index contributed by atoms with van der Waals surface area (Å²) in [5.41, 5.74) is 0.429. The van der Waals surface area contributed by atoms with Crippen molar-refractivity contribution in [1.29, 1.82) is 0 Å². The predicted molar refractivity (Wildman–Crippen MR) is 117 cm³/mol. The van der Waals surface area contributed by atoms with E-state index in [2.05, 4.69) is 5.32 Å². The first-order valence-corrected chi connectivity index (χ1v) is 11.8. The van der Waals surface area contributed by atoms with Crippen LogP contribution in [0.5, 0.6) is 5.75 Å². The molecule has 1 N–H and O–H groups in total. The Morgan fingerprint density at radius 1 is 1.19 bits per heavy atom. The Morgan fingerprint density at radius 2 is 1.84 bits per heavy atom. The van der Waals surface area contributed by atoms with Crippen molar-refractivity contribution >= 4 is 21.6 Å². The van der Waals surface area contributed by atoms with Crippen molar-refractivity contribution in [3.8, 4) is 5.75 Å². The third-order valence-electron chi connectivity index (χ3n) is 5.06. The molecule has 2 aromatic carbocycles. The minimum absolute atomic E-state index is 0.238. The Labute approximate surface area is 186 Å².